The van der Waals surface area contributed by atoms with E-state index < -0.39 is 0 Å². The summed E-state index contributed by atoms with van der Waals surface area (Å²) in [6.45, 7) is 0. The van der Waals surface area contributed by atoms with Crippen LogP contribution in [0.25, 0.3) is 0 Å². The zero-order valence-electron chi connectivity index (χ0n) is 10.1. The predicted molar refractivity (Wildman–Crippen MR) is 70.6 cm³/mol. The first-order chi connectivity index (χ1) is 7.90. The van der Waals surface area contributed by atoms with E-state index >= 15 is 0 Å². The van der Waals surface area contributed by atoms with E-state index in [0.717, 1.165) is 23.5 Å². The first kappa shape index (κ1) is 10.3. The fourth-order valence-corrected chi connectivity index (χ4v) is 6.67. The number of hydrogen-bond acceptors (Lipinski definition) is 1. The summed E-state index contributed by atoms with van der Waals surface area (Å²) in [5.74, 6) is 9.29. The molecule has 0 saturated heterocycles. The van der Waals surface area contributed by atoms with Crippen molar-refractivity contribution >= 4 is 12.6 Å². The third-order valence-electron chi connectivity index (χ3n) is 6.66. The lowest BCUT2D eigenvalue weighted by Crippen LogP contribution is -2.27. The topological polar surface area (TPSA) is 0 Å². The van der Waals surface area contributed by atoms with Crippen LogP contribution in [0.3, 0.4) is 0 Å². The van der Waals surface area contributed by atoms with Crippen molar-refractivity contribution in [3.05, 3.63) is 0 Å². The molecule has 16 heavy (non-hydrogen) atoms. The number of fused-ring (bicyclic) bond motifs is 9. The van der Waals surface area contributed by atoms with Crippen LogP contribution in [-0.2, 0) is 0 Å². The first-order valence-electron chi connectivity index (χ1n) is 7.51. The molecule has 4 aliphatic carbocycles. The third-order valence-corrected chi connectivity index (χ3v) is 6.98. The third kappa shape index (κ3) is 1.19. The molecule has 0 aliphatic heterocycles. The molecule has 0 aromatic heterocycles. The molecule has 4 bridgehead atoms. The van der Waals surface area contributed by atoms with Crippen LogP contribution in [0.15, 0.2) is 0 Å². The lowest BCUT2D eigenvalue weighted by atomic mass is 9.71. The van der Waals surface area contributed by atoms with Gasteiger partial charge >= 0.3 is 0 Å². The van der Waals surface area contributed by atoms with Crippen LogP contribution in [0.2, 0.25) is 0 Å². The number of hydrogen-bond donors (Lipinski definition) is 1. The van der Waals surface area contributed by atoms with Gasteiger partial charge in [-0.15, -0.1) is 0 Å². The first-order valence-corrected chi connectivity index (χ1v) is 8.14. The highest BCUT2D eigenvalue weighted by Crippen LogP contribution is 2.69. The van der Waals surface area contributed by atoms with E-state index in [0.29, 0.717) is 0 Å². The molecular weight excluding hydrogens is 212 g/mol. The molecule has 0 spiro atoms. The highest BCUT2D eigenvalue weighted by molar-refractivity contribution is 7.80. The summed E-state index contributed by atoms with van der Waals surface area (Å²) in [5, 5.41) is 0. The maximum atomic E-state index is 4.40. The maximum absolute atomic E-state index is 4.40. The normalized spacial score (nSPS) is 57.2. The average Bonchev–Trinajstić information content (AvgIpc) is 3.04. The number of thiol groups is 1. The SMILES string of the molecule is SCCCC1C2CCC1C1C3CCC(C3)C21. The molecule has 4 aliphatic rings. The Labute approximate surface area is 105 Å². The highest BCUT2D eigenvalue weighted by atomic mass is 32.1. The molecule has 6 unspecified atom stereocenters. The zero-order chi connectivity index (χ0) is 10.7. The summed E-state index contributed by atoms with van der Waals surface area (Å²) in [6, 6.07) is 0. The van der Waals surface area contributed by atoms with Crippen molar-refractivity contribution in [3.63, 3.8) is 0 Å². The molecule has 0 amide bonds. The van der Waals surface area contributed by atoms with Crippen molar-refractivity contribution < 1.29 is 0 Å². The average molecular weight is 236 g/mol. The van der Waals surface area contributed by atoms with Gasteiger partial charge in [0, 0.05) is 0 Å². The second-order valence-corrected chi connectivity index (χ2v) is 7.37. The van der Waals surface area contributed by atoms with E-state index in [2.05, 4.69) is 12.6 Å². The Morgan fingerprint density at radius 2 is 1.50 bits per heavy atom. The molecule has 0 heterocycles. The van der Waals surface area contributed by atoms with E-state index in [1.807, 2.05) is 0 Å². The van der Waals surface area contributed by atoms with Crippen molar-refractivity contribution in [2.75, 3.05) is 5.75 Å². The van der Waals surface area contributed by atoms with Gasteiger partial charge in [0.2, 0.25) is 0 Å². The van der Waals surface area contributed by atoms with Crippen molar-refractivity contribution in [2.45, 2.75) is 44.9 Å². The monoisotopic (exact) mass is 236 g/mol. The highest BCUT2D eigenvalue weighted by Gasteiger charge is 2.62. The van der Waals surface area contributed by atoms with Crippen LogP contribution in [-0.4, -0.2) is 5.75 Å². The molecule has 6 atom stereocenters. The van der Waals surface area contributed by atoms with Crippen molar-refractivity contribution in [3.8, 4) is 0 Å². The minimum absolute atomic E-state index is 1.11. The molecule has 4 rings (SSSR count). The lowest BCUT2D eigenvalue weighted by molar-refractivity contribution is 0.146. The fraction of sp³-hybridized carbons (Fsp3) is 1.00. The molecule has 0 nitrogen and oxygen atoms in total. The van der Waals surface area contributed by atoms with Gasteiger partial charge in [-0.05, 0) is 92.1 Å². The van der Waals surface area contributed by atoms with Crippen molar-refractivity contribution in [1.82, 2.24) is 0 Å². The largest absolute Gasteiger partial charge is 0.179 e. The van der Waals surface area contributed by atoms with Crippen LogP contribution in [0.5, 0.6) is 0 Å². The Kier molecular flexibility index (Phi) is 2.36. The van der Waals surface area contributed by atoms with Crippen LogP contribution >= 0.6 is 12.6 Å². The maximum Gasteiger partial charge on any atom is -0.00978 e. The fourth-order valence-electron chi connectivity index (χ4n) is 6.49. The van der Waals surface area contributed by atoms with Gasteiger partial charge in [-0.25, -0.2) is 0 Å². The molecule has 4 saturated carbocycles. The Bertz CT molecular complexity index is 263. The second kappa shape index (κ2) is 3.67. The van der Waals surface area contributed by atoms with Gasteiger partial charge in [0.05, 0.1) is 0 Å². The Balaban J connectivity index is 1.57. The van der Waals surface area contributed by atoms with E-state index in [4.69, 9.17) is 0 Å². The van der Waals surface area contributed by atoms with Gasteiger partial charge in [-0.3, -0.25) is 0 Å². The summed E-state index contributed by atoms with van der Waals surface area (Å²) < 4.78 is 0. The molecule has 0 radical (unpaired) electrons. The summed E-state index contributed by atoms with van der Waals surface area (Å²) in [4.78, 5) is 0. The quantitative estimate of drug-likeness (QED) is 0.555. The van der Waals surface area contributed by atoms with Crippen LogP contribution in [0, 0.1) is 41.4 Å². The molecule has 1 heteroatoms. The summed E-state index contributed by atoms with van der Waals surface area (Å²) >= 11 is 4.40. The van der Waals surface area contributed by atoms with Gasteiger partial charge < -0.3 is 0 Å². The Hall–Kier alpha value is 0.350. The van der Waals surface area contributed by atoms with E-state index in [1.54, 1.807) is 32.1 Å². The molecule has 0 aromatic rings. The van der Waals surface area contributed by atoms with Crippen LogP contribution in [0.1, 0.15) is 44.9 Å². The molecule has 90 valence electrons. The molecule has 0 aromatic carbocycles. The minimum atomic E-state index is 1.11. The van der Waals surface area contributed by atoms with Crippen LogP contribution < -0.4 is 0 Å². The number of rotatable bonds is 3. The summed E-state index contributed by atoms with van der Waals surface area (Å²) in [7, 11) is 0. The summed E-state index contributed by atoms with van der Waals surface area (Å²) in [6.07, 6.45) is 10.9. The zero-order valence-corrected chi connectivity index (χ0v) is 11.0. The second-order valence-electron chi connectivity index (χ2n) is 6.92. The van der Waals surface area contributed by atoms with Gasteiger partial charge in [0.1, 0.15) is 0 Å². The molecule has 4 fully saturated rings. The van der Waals surface area contributed by atoms with Gasteiger partial charge in [0.25, 0.3) is 0 Å². The van der Waals surface area contributed by atoms with E-state index in [-0.39, 0.29) is 0 Å². The standard InChI is InChI=1S/C15H24S/c16-7-1-2-11-12-5-6-13(11)15-10-4-3-9(8-10)14(12)15/h9-16H,1-8H2. The van der Waals surface area contributed by atoms with Crippen molar-refractivity contribution in [1.29, 1.82) is 0 Å². The van der Waals surface area contributed by atoms with Gasteiger partial charge in [0.15, 0.2) is 0 Å². The Morgan fingerprint density at radius 1 is 0.875 bits per heavy atom. The Morgan fingerprint density at radius 3 is 2.06 bits per heavy atom. The smallest absolute Gasteiger partial charge is 0.00978 e. The summed E-state index contributed by atoms with van der Waals surface area (Å²) in [5.41, 5.74) is 0. The van der Waals surface area contributed by atoms with E-state index in [1.165, 1.54) is 36.5 Å². The van der Waals surface area contributed by atoms with Crippen molar-refractivity contribution in [2.24, 2.45) is 41.4 Å². The van der Waals surface area contributed by atoms with Gasteiger partial charge in [-0.1, -0.05) is 0 Å². The lowest BCUT2D eigenvalue weighted by Gasteiger charge is -2.34. The van der Waals surface area contributed by atoms with Gasteiger partial charge in [-0.2, -0.15) is 12.6 Å². The van der Waals surface area contributed by atoms with E-state index in [9.17, 15) is 0 Å². The minimum Gasteiger partial charge on any atom is -0.179 e. The van der Waals surface area contributed by atoms with Crippen LogP contribution in [0.4, 0.5) is 0 Å². The molecular formula is C15H24S. The molecule has 0 N–H and O–H groups in total. The predicted octanol–water partition coefficient (Wildman–Crippen LogP) is 4.01.